The lowest BCUT2D eigenvalue weighted by atomic mass is 9.49. The third kappa shape index (κ3) is 4.03. The smallest absolute Gasteiger partial charge is 0.252 e. The van der Waals surface area contributed by atoms with E-state index >= 15 is 0 Å². The van der Waals surface area contributed by atoms with Gasteiger partial charge in [0.25, 0.3) is 5.91 Å². The molecule has 5 rings (SSSR count). The first kappa shape index (κ1) is 19.2. The monoisotopic (exact) mass is 390 g/mol. The average Bonchev–Trinajstić information content (AvgIpc) is 2.63. The minimum absolute atomic E-state index is 0.117. The summed E-state index contributed by atoms with van der Waals surface area (Å²) in [5.74, 6) is 2.51. The number of carbonyl (C=O) groups excluding carboxylic acids is 1. The van der Waals surface area contributed by atoms with Crippen LogP contribution in [0.1, 0.15) is 67.5 Å². The highest BCUT2D eigenvalue weighted by Crippen LogP contribution is 2.59. The predicted octanol–water partition coefficient (Wildman–Crippen LogP) is 3.93. The second-order valence-corrected chi connectivity index (χ2v) is 9.57. The zero-order valence-corrected chi connectivity index (χ0v) is 16.9. The molecule has 4 bridgehead atoms. The Labute approximate surface area is 167 Å². The average molecular weight is 391 g/mol. The Balaban J connectivity index is 1.42. The van der Waals surface area contributed by atoms with E-state index in [0.717, 1.165) is 36.4 Å². The quantitative estimate of drug-likeness (QED) is 0.661. The number of hydrogen-bond acceptors (Lipinski definition) is 3. The van der Waals surface area contributed by atoms with E-state index in [1.54, 1.807) is 18.2 Å². The predicted molar refractivity (Wildman–Crippen MR) is 108 cm³/mol. The number of carbonyl (C=O) groups is 1. The van der Waals surface area contributed by atoms with Gasteiger partial charge in [0.15, 0.2) is 0 Å². The van der Waals surface area contributed by atoms with Crippen LogP contribution in [0.25, 0.3) is 0 Å². The summed E-state index contributed by atoms with van der Waals surface area (Å²) in [6.07, 6.45) is 7.40. The molecule has 1 unspecified atom stereocenters. The largest absolute Gasteiger partial charge is 0.387 e. The molecule has 4 aliphatic carbocycles. The van der Waals surface area contributed by atoms with Crippen LogP contribution in [-0.4, -0.2) is 30.6 Å². The van der Waals surface area contributed by atoms with E-state index in [1.807, 2.05) is 6.92 Å². The normalized spacial score (nSPS) is 32.5. The molecule has 1 amide bonds. The number of halogens is 1. The van der Waals surface area contributed by atoms with Gasteiger partial charge in [-0.15, -0.1) is 0 Å². The summed E-state index contributed by atoms with van der Waals surface area (Å²) in [6.45, 7) is 4.02. The second kappa shape index (κ2) is 7.73. The Morgan fingerprint density at radius 3 is 2.44 bits per heavy atom. The van der Waals surface area contributed by atoms with Gasteiger partial charge in [-0.3, -0.25) is 4.79 Å². The maximum atomic E-state index is 12.9. The summed E-state index contributed by atoms with van der Waals surface area (Å²) in [5.41, 5.74) is 1.49. The molecule has 5 heteroatoms. The van der Waals surface area contributed by atoms with Crippen molar-refractivity contribution >= 4 is 17.5 Å². The summed E-state index contributed by atoms with van der Waals surface area (Å²) < 4.78 is 0. The van der Waals surface area contributed by atoms with Crippen LogP contribution in [0.3, 0.4) is 0 Å². The lowest BCUT2D eigenvalue weighted by molar-refractivity contribution is -0.0503. The Bertz CT molecular complexity index is 670. The first-order chi connectivity index (χ1) is 13.0. The Morgan fingerprint density at radius 1 is 1.22 bits per heavy atom. The zero-order valence-electron chi connectivity index (χ0n) is 16.1. The topological polar surface area (TPSA) is 61.4 Å². The molecule has 148 valence electrons. The molecule has 1 aromatic carbocycles. The first-order valence-electron chi connectivity index (χ1n) is 10.4. The van der Waals surface area contributed by atoms with E-state index in [2.05, 4.69) is 10.6 Å². The van der Waals surface area contributed by atoms with Crippen LogP contribution in [0, 0.1) is 23.2 Å². The highest BCUT2D eigenvalue weighted by molar-refractivity contribution is 6.33. The number of nitrogens with one attached hydrogen (secondary N) is 2. The molecule has 4 fully saturated rings. The van der Waals surface area contributed by atoms with Crippen LogP contribution in [-0.2, 0) is 0 Å². The molecule has 1 aromatic rings. The van der Waals surface area contributed by atoms with Crippen molar-refractivity contribution in [1.82, 2.24) is 10.6 Å². The standard InChI is InChI=1S/C22H31ClN2O2/c1-2-24-12-20(26)17-3-4-19(23)18(8-17)21(27)25-13-22-9-14-5-15(10-22)7-16(6-14)11-22/h3-4,8,14-16,20,24,26H,2,5-7,9-13H2,1H3,(H,25,27). The SMILES string of the molecule is CCNCC(O)c1ccc(Cl)c(C(=O)NCC23CC4CC(CC(C4)C2)C3)c1. The fraction of sp³-hybridized carbons (Fsp3) is 0.682. The van der Waals surface area contributed by atoms with Crippen LogP contribution >= 0.6 is 11.6 Å². The van der Waals surface area contributed by atoms with Crippen LogP contribution in [0.5, 0.6) is 0 Å². The number of benzene rings is 1. The molecule has 4 nitrogen and oxygen atoms in total. The van der Waals surface area contributed by atoms with E-state index < -0.39 is 6.10 Å². The van der Waals surface area contributed by atoms with Crippen molar-refractivity contribution in [3.8, 4) is 0 Å². The van der Waals surface area contributed by atoms with Crippen molar-refractivity contribution in [1.29, 1.82) is 0 Å². The van der Waals surface area contributed by atoms with Gasteiger partial charge in [0.1, 0.15) is 0 Å². The molecule has 0 saturated heterocycles. The number of rotatable bonds is 7. The molecular formula is C22H31ClN2O2. The summed E-state index contributed by atoms with van der Waals surface area (Å²) in [6, 6.07) is 5.24. The molecule has 0 spiro atoms. The molecular weight excluding hydrogens is 360 g/mol. The maximum Gasteiger partial charge on any atom is 0.252 e. The first-order valence-corrected chi connectivity index (χ1v) is 10.8. The molecule has 0 aliphatic heterocycles. The zero-order chi connectivity index (χ0) is 19.0. The van der Waals surface area contributed by atoms with Gasteiger partial charge in [0, 0.05) is 13.1 Å². The Hall–Kier alpha value is -1.10. The number of aliphatic hydroxyl groups is 1. The van der Waals surface area contributed by atoms with Crippen molar-refractivity contribution in [3.05, 3.63) is 34.3 Å². The van der Waals surface area contributed by atoms with Crippen molar-refractivity contribution in [2.75, 3.05) is 19.6 Å². The van der Waals surface area contributed by atoms with Crippen LogP contribution < -0.4 is 10.6 Å². The van der Waals surface area contributed by atoms with Crippen molar-refractivity contribution < 1.29 is 9.90 Å². The van der Waals surface area contributed by atoms with E-state index in [-0.39, 0.29) is 5.91 Å². The van der Waals surface area contributed by atoms with E-state index in [4.69, 9.17) is 11.6 Å². The number of amides is 1. The number of aliphatic hydroxyl groups excluding tert-OH is 1. The van der Waals surface area contributed by atoms with E-state index in [9.17, 15) is 9.90 Å². The minimum Gasteiger partial charge on any atom is -0.387 e. The molecule has 4 saturated carbocycles. The van der Waals surface area contributed by atoms with E-state index in [1.165, 1.54) is 38.5 Å². The van der Waals surface area contributed by atoms with Gasteiger partial charge in [0.05, 0.1) is 16.7 Å². The Kier molecular flexibility index (Phi) is 5.50. The highest BCUT2D eigenvalue weighted by atomic mass is 35.5. The van der Waals surface area contributed by atoms with Crippen LogP contribution in [0.4, 0.5) is 0 Å². The fourth-order valence-corrected chi connectivity index (χ4v) is 6.40. The van der Waals surface area contributed by atoms with Crippen molar-refractivity contribution in [3.63, 3.8) is 0 Å². The van der Waals surface area contributed by atoms with Gasteiger partial charge in [0.2, 0.25) is 0 Å². The second-order valence-electron chi connectivity index (χ2n) is 9.16. The molecule has 27 heavy (non-hydrogen) atoms. The third-order valence-electron chi connectivity index (χ3n) is 7.00. The number of likely N-dealkylation sites (N-methyl/N-ethyl adjacent to an activating group) is 1. The Morgan fingerprint density at radius 2 is 1.85 bits per heavy atom. The molecule has 0 heterocycles. The van der Waals surface area contributed by atoms with Crippen LogP contribution in [0.15, 0.2) is 18.2 Å². The third-order valence-corrected chi connectivity index (χ3v) is 7.33. The number of hydrogen-bond donors (Lipinski definition) is 3. The van der Waals surface area contributed by atoms with E-state index in [0.29, 0.717) is 22.5 Å². The summed E-state index contributed by atoms with van der Waals surface area (Å²) in [7, 11) is 0. The molecule has 0 radical (unpaired) electrons. The van der Waals surface area contributed by atoms with Gasteiger partial charge in [-0.1, -0.05) is 24.6 Å². The van der Waals surface area contributed by atoms with Crippen LogP contribution in [0.2, 0.25) is 5.02 Å². The summed E-state index contributed by atoms with van der Waals surface area (Å²) >= 11 is 6.30. The lowest BCUT2D eigenvalue weighted by Gasteiger charge is -2.56. The van der Waals surface area contributed by atoms with Crippen molar-refractivity contribution in [2.45, 2.75) is 51.6 Å². The molecule has 0 aromatic heterocycles. The van der Waals surface area contributed by atoms with Gasteiger partial charge in [-0.2, -0.15) is 0 Å². The van der Waals surface area contributed by atoms with Gasteiger partial charge in [-0.25, -0.2) is 0 Å². The van der Waals surface area contributed by atoms with Gasteiger partial charge < -0.3 is 15.7 Å². The minimum atomic E-state index is -0.642. The molecule has 4 aliphatic rings. The lowest BCUT2D eigenvalue weighted by Crippen LogP contribution is -2.51. The summed E-state index contributed by atoms with van der Waals surface area (Å²) in [5, 5.41) is 17.0. The highest BCUT2D eigenvalue weighted by Gasteiger charge is 2.50. The van der Waals surface area contributed by atoms with Crippen molar-refractivity contribution in [2.24, 2.45) is 23.2 Å². The molecule has 1 atom stereocenters. The molecule has 3 N–H and O–H groups in total. The summed E-state index contributed by atoms with van der Waals surface area (Å²) in [4.78, 5) is 12.9. The maximum absolute atomic E-state index is 12.9. The van der Waals surface area contributed by atoms with Gasteiger partial charge >= 0.3 is 0 Å². The van der Waals surface area contributed by atoms with Gasteiger partial charge in [-0.05, 0) is 85.9 Å². The fourth-order valence-electron chi connectivity index (χ4n) is 6.19.